The lowest BCUT2D eigenvalue weighted by atomic mass is 10.1. The summed E-state index contributed by atoms with van der Waals surface area (Å²) in [6.45, 7) is 3.91. The van der Waals surface area contributed by atoms with Crippen LogP contribution in [0.15, 0.2) is 65.3 Å². The highest BCUT2D eigenvalue weighted by Gasteiger charge is 2.06. The maximum atomic E-state index is 5.59. The summed E-state index contributed by atoms with van der Waals surface area (Å²) in [6.07, 6.45) is 6.25. The Morgan fingerprint density at radius 3 is 2.82 bits per heavy atom. The summed E-state index contributed by atoms with van der Waals surface area (Å²) >= 11 is 0. The number of nitrogens with zero attached hydrogens (tertiary/aromatic N) is 1. The van der Waals surface area contributed by atoms with E-state index in [1.807, 2.05) is 18.4 Å². The number of hydrogen-bond donors (Lipinski definition) is 0. The van der Waals surface area contributed by atoms with Crippen LogP contribution in [-0.2, 0) is 6.54 Å². The predicted octanol–water partition coefficient (Wildman–Crippen LogP) is 4.89. The monoisotopic (exact) mass is 291 g/mol. The smallest absolute Gasteiger partial charge is 0.134 e. The molecule has 0 fully saturated rings. The highest BCUT2D eigenvalue weighted by atomic mass is 16.3. The van der Waals surface area contributed by atoms with Gasteiger partial charge in [-0.15, -0.1) is 0 Å². The quantitative estimate of drug-likeness (QED) is 0.665. The van der Waals surface area contributed by atoms with Gasteiger partial charge in [-0.1, -0.05) is 60.2 Å². The van der Waals surface area contributed by atoms with Gasteiger partial charge in [0.25, 0.3) is 0 Å². The molecule has 0 amide bonds. The summed E-state index contributed by atoms with van der Waals surface area (Å²) in [5.41, 5.74) is 4.74. The fourth-order valence-electron chi connectivity index (χ4n) is 2.65. The van der Waals surface area contributed by atoms with Crippen LogP contribution in [-0.4, -0.2) is 18.5 Å². The molecule has 22 heavy (non-hydrogen) atoms. The second-order valence-corrected chi connectivity index (χ2v) is 5.77. The summed E-state index contributed by atoms with van der Waals surface area (Å²) in [4.78, 5) is 2.28. The van der Waals surface area contributed by atoms with Crippen molar-refractivity contribution in [3.63, 3.8) is 0 Å². The van der Waals surface area contributed by atoms with Gasteiger partial charge in [0.1, 0.15) is 5.58 Å². The number of benzene rings is 2. The first-order valence-electron chi connectivity index (χ1n) is 7.59. The lowest BCUT2D eigenvalue weighted by molar-refractivity contribution is 0.363. The highest BCUT2D eigenvalue weighted by molar-refractivity contribution is 5.80. The Labute approximate surface area is 131 Å². The lowest BCUT2D eigenvalue weighted by Gasteiger charge is -2.13. The first kappa shape index (κ1) is 14.6. The number of rotatable bonds is 5. The molecule has 0 saturated carbocycles. The van der Waals surface area contributed by atoms with Gasteiger partial charge in [-0.25, -0.2) is 0 Å². The minimum Gasteiger partial charge on any atom is -0.464 e. The number of fused-ring (bicyclic) bond motifs is 1. The molecule has 0 aliphatic rings. The van der Waals surface area contributed by atoms with Gasteiger partial charge in [-0.3, -0.25) is 4.90 Å². The van der Waals surface area contributed by atoms with Crippen molar-refractivity contribution >= 4 is 17.0 Å². The summed E-state index contributed by atoms with van der Waals surface area (Å²) in [5.74, 6) is 0. The molecule has 0 radical (unpaired) electrons. The number of likely N-dealkylation sites (N-methyl/N-ethyl adjacent to an activating group) is 1. The third-order valence-corrected chi connectivity index (χ3v) is 3.77. The summed E-state index contributed by atoms with van der Waals surface area (Å²) in [6, 6.07) is 16.7. The molecule has 112 valence electrons. The molecular formula is C20H21NO. The maximum absolute atomic E-state index is 5.59. The van der Waals surface area contributed by atoms with Crippen molar-refractivity contribution in [1.82, 2.24) is 4.90 Å². The number of hydrogen-bond acceptors (Lipinski definition) is 2. The molecule has 2 nitrogen and oxygen atoms in total. The van der Waals surface area contributed by atoms with Crippen molar-refractivity contribution in [2.24, 2.45) is 0 Å². The van der Waals surface area contributed by atoms with E-state index in [-0.39, 0.29) is 0 Å². The van der Waals surface area contributed by atoms with Crippen LogP contribution in [0.3, 0.4) is 0 Å². The molecule has 2 aromatic carbocycles. The van der Waals surface area contributed by atoms with Gasteiger partial charge >= 0.3 is 0 Å². The zero-order valence-electron chi connectivity index (χ0n) is 13.1. The van der Waals surface area contributed by atoms with Crippen molar-refractivity contribution in [1.29, 1.82) is 0 Å². The second kappa shape index (κ2) is 6.63. The van der Waals surface area contributed by atoms with Crippen molar-refractivity contribution in [3.05, 3.63) is 77.6 Å². The Bertz CT molecular complexity index is 785. The van der Waals surface area contributed by atoms with Gasteiger partial charge in [0.15, 0.2) is 0 Å². The molecule has 3 aromatic rings. The molecular weight excluding hydrogens is 270 g/mol. The molecule has 0 aliphatic heterocycles. The Morgan fingerprint density at radius 2 is 1.95 bits per heavy atom. The summed E-state index contributed by atoms with van der Waals surface area (Å²) < 4.78 is 5.59. The average molecular weight is 291 g/mol. The zero-order chi connectivity index (χ0) is 15.4. The molecule has 0 N–H and O–H groups in total. The topological polar surface area (TPSA) is 16.4 Å². The van der Waals surface area contributed by atoms with Gasteiger partial charge in [-0.2, -0.15) is 0 Å². The van der Waals surface area contributed by atoms with E-state index in [4.69, 9.17) is 4.42 Å². The minimum absolute atomic E-state index is 0.884. The van der Waals surface area contributed by atoms with Crippen molar-refractivity contribution < 1.29 is 4.42 Å². The fraction of sp³-hybridized carbons (Fsp3) is 0.200. The van der Waals surface area contributed by atoms with Crippen LogP contribution < -0.4 is 0 Å². The summed E-state index contributed by atoms with van der Waals surface area (Å²) in [7, 11) is 2.13. The van der Waals surface area contributed by atoms with E-state index >= 15 is 0 Å². The van der Waals surface area contributed by atoms with Gasteiger partial charge in [0.2, 0.25) is 0 Å². The molecule has 0 saturated heterocycles. The molecule has 0 unspecified atom stereocenters. The van der Waals surface area contributed by atoms with Crippen LogP contribution in [0.1, 0.15) is 16.7 Å². The molecule has 2 heteroatoms. The number of aryl methyl sites for hydroxylation is 1. The van der Waals surface area contributed by atoms with E-state index in [1.54, 1.807) is 0 Å². The number of para-hydroxylation sites is 1. The average Bonchev–Trinajstić information content (AvgIpc) is 2.91. The van der Waals surface area contributed by atoms with Crippen LogP contribution >= 0.6 is 0 Å². The van der Waals surface area contributed by atoms with Crippen molar-refractivity contribution in [2.45, 2.75) is 13.5 Å². The maximum Gasteiger partial charge on any atom is 0.134 e. The second-order valence-electron chi connectivity index (χ2n) is 5.77. The third kappa shape index (κ3) is 3.46. The Morgan fingerprint density at radius 1 is 1.09 bits per heavy atom. The van der Waals surface area contributed by atoms with Crippen LogP contribution in [0.5, 0.6) is 0 Å². The highest BCUT2D eigenvalue weighted by Crippen LogP contribution is 2.21. The summed E-state index contributed by atoms with van der Waals surface area (Å²) in [5, 5.41) is 1.21. The van der Waals surface area contributed by atoms with Crippen LogP contribution in [0.2, 0.25) is 0 Å². The number of furan rings is 1. The Hall–Kier alpha value is -2.32. The molecule has 0 spiro atoms. The SMILES string of the molecule is Cc1cccc(C=CCN(C)Cc2coc3ccccc23)c1. The van der Waals surface area contributed by atoms with E-state index in [0.29, 0.717) is 0 Å². The Balaban J connectivity index is 1.62. The largest absolute Gasteiger partial charge is 0.464 e. The first-order chi connectivity index (χ1) is 10.7. The van der Waals surface area contributed by atoms with Crippen LogP contribution in [0.25, 0.3) is 17.0 Å². The van der Waals surface area contributed by atoms with Gasteiger partial charge in [0, 0.05) is 24.0 Å². The van der Waals surface area contributed by atoms with Gasteiger partial charge in [0.05, 0.1) is 6.26 Å². The normalized spacial score (nSPS) is 11.8. The molecule has 1 aromatic heterocycles. The molecule has 0 aliphatic carbocycles. The first-order valence-corrected chi connectivity index (χ1v) is 7.59. The van der Waals surface area contributed by atoms with Crippen LogP contribution in [0.4, 0.5) is 0 Å². The predicted molar refractivity (Wildman–Crippen MR) is 92.8 cm³/mol. The van der Waals surface area contributed by atoms with Gasteiger partial charge < -0.3 is 4.42 Å². The Kier molecular flexibility index (Phi) is 4.40. The molecule has 0 atom stereocenters. The van der Waals surface area contributed by atoms with E-state index < -0.39 is 0 Å². The van der Waals surface area contributed by atoms with Gasteiger partial charge in [-0.05, 0) is 25.6 Å². The van der Waals surface area contributed by atoms with E-state index in [2.05, 4.69) is 67.4 Å². The zero-order valence-corrected chi connectivity index (χ0v) is 13.1. The van der Waals surface area contributed by atoms with Crippen LogP contribution in [0, 0.1) is 6.92 Å². The standard InChI is InChI=1S/C20H21NO/c1-16-7-5-8-17(13-16)9-6-12-21(2)14-18-15-22-20-11-4-3-10-19(18)20/h3-11,13,15H,12,14H2,1-2H3. The van der Waals surface area contributed by atoms with E-state index in [9.17, 15) is 0 Å². The minimum atomic E-state index is 0.884. The van der Waals surface area contributed by atoms with Crippen molar-refractivity contribution in [3.8, 4) is 0 Å². The lowest BCUT2D eigenvalue weighted by Crippen LogP contribution is -2.17. The van der Waals surface area contributed by atoms with E-state index in [1.165, 1.54) is 22.1 Å². The molecule has 0 bridgehead atoms. The molecule has 1 heterocycles. The van der Waals surface area contributed by atoms with E-state index in [0.717, 1.165) is 18.7 Å². The molecule has 3 rings (SSSR count). The fourth-order valence-corrected chi connectivity index (χ4v) is 2.65. The third-order valence-electron chi connectivity index (χ3n) is 3.77. The van der Waals surface area contributed by atoms with Crippen molar-refractivity contribution in [2.75, 3.05) is 13.6 Å².